The van der Waals surface area contributed by atoms with Crippen LogP contribution in [0.3, 0.4) is 0 Å². The molecule has 0 aliphatic rings. The van der Waals surface area contributed by atoms with E-state index in [4.69, 9.17) is 28.6 Å². The van der Waals surface area contributed by atoms with E-state index in [2.05, 4.69) is 36.7 Å². The van der Waals surface area contributed by atoms with E-state index in [0.717, 1.165) is 5.56 Å². The van der Waals surface area contributed by atoms with E-state index in [-0.39, 0.29) is 22.3 Å². The largest absolute Gasteiger partial charge is 0.479 e. The minimum absolute atomic E-state index is 0.0121. The Morgan fingerprint density at radius 3 is 2.03 bits per heavy atom. The van der Waals surface area contributed by atoms with Gasteiger partial charge in [0.15, 0.2) is 11.2 Å². The summed E-state index contributed by atoms with van der Waals surface area (Å²) in [6.07, 6.45) is -0.743. The molecule has 3 aromatic rings. The average molecular weight is 510 g/mol. The Labute approximate surface area is 216 Å². The van der Waals surface area contributed by atoms with Gasteiger partial charge in [0.2, 0.25) is 0 Å². The van der Waals surface area contributed by atoms with Crippen LogP contribution in [0.25, 0.3) is 0 Å². The molecule has 0 spiro atoms. The summed E-state index contributed by atoms with van der Waals surface area (Å²) in [5, 5.41) is 9.05. The standard InChI is InChI=1S/C27H28ClN3O3S/c1-17(34-23-8-6-5-7-22(23)28)24(32)29-20-13-15-21(16-14-20)30-26(35)31-25(33)18-9-11-19(12-10-18)27(2,3)4/h5-17H,1-4H3,(H,29,32)(H2,30,31,33,35). The number of benzene rings is 3. The summed E-state index contributed by atoms with van der Waals surface area (Å²) in [6.45, 7) is 8.00. The fourth-order valence-corrected chi connectivity index (χ4v) is 3.52. The van der Waals surface area contributed by atoms with Crippen molar-refractivity contribution in [2.75, 3.05) is 10.6 Å². The van der Waals surface area contributed by atoms with Gasteiger partial charge in [-0.1, -0.05) is 56.6 Å². The SMILES string of the molecule is CC(Oc1ccccc1Cl)C(=O)Nc1ccc(NC(=S)NC(=O)c2ccc(C(C)(C)C)cc2)cc1. The first kappa shape index (κ1) is 26.2. The van der Waals surface area contributed by atoms with Crippen LogP contribution in [0.15, 0.2) is 72.8 Å². The molecule has 2 amide bonds. The second-order valence-electron chi connectivity index (χ2n) is 8.99. The molecule has 3 rings (SSSR count). The van der Waals surface area contributed by atoms with Gasteiger partial charge in [0.25, 0.3) is 11.8 Å². The molecule has 0 aliphatic carbocycles. The summed E-state index contributed by atoms with van der Waals surface area (Å²) in [7, 11) is 0. The molecule has 0 aliphatic heterocycles. The lowest BCUT2D eigenvalue weighted by Crippen LogP contribution is -2.34. The normalized spacial score (nSPS) is 11.8. The highest BCUT2D eigenvalue weighted by atomic mass is 35.5. The van der Waals surface area contributed by atoms with Crippen LogP contribution < -0.4 is 20.7 Å². The molecule has 0 bridgehead atoms. The summed E-state index contributed by atoms with van der Waals surface area (Å²) < 4.78 is 5.64. The Bertz CT molecular complexity index is 1210. The van der Waals surface area contributed by atoms with E-state index < -0.39 is 6.10 Å². The third-order valence-electron chi connectivity index (χ3n) is 5.16. The van der Waals surface area contributed by atoms with E-state index in [1.54, 1.807) is 67.6 Å². The fraction of sp³-hybridized carbons (Fsp3) is 0.222. The Kier molecular flexibility index (Phi) is 8.48. The highest BCUT2D eigenvalue weighted by Gasteiger charge is 2.17. The van der Waals surface area contributed by atoms with Gasteiger partial charge in [-0.15, -0.1) is 0 Å². The molecule has 0 heterocycles. The van der Waals surface area contributed by atoms with Crippen molar-refractivity contribution in [2.45, 2.75) is 39.2 Å². The van der Waals surface area contributed by atoms with Gasteiger partial charge < -0.3 is 15.4 Å². The van der Waals surface area contributed by atoms with Gasteiger partial charge in [0.05, 0.1) is 5.02 Å². The maximum absolute atomic E-state index is 12.5. The number of para-hydroxylation sites is 1. The number of hydrogen-bond acceptors (Lipinski definition) is 4. The molecule has 3 aromatic carbocycles. The first-order chi connectivity index (χ1) is 16.5. The number of carbonyl (C=O) groups excluding carboxylic acids is 2. The highest BCUT2D eigenvalue weighted by molar-refractivity contribution is 7.80. The molecule has 0 radical (unpaired) electrons. The molecule has 8 heteroatoms. The zero-order valence-corrected chi connectivity index (χ0v) is 21.6. The number of rotatable bonds is 6. The predicted octanol–water partition coefficient (Wildman–Crippen LogP) is 6.17. The van der Waals surface area contributed by atoms with Crippen molar-refractivity contribution in [3.05, 3.63) is 88.9 Å². The molecule has 3 N–H and O–H groups in total. The van der Waals surface area contributed by atoms with Gasteiger partial charge in [-0.05, 0) is 78.7 Å². The van der Waals surface area contributed by atoms with Gasteiger partial charge in [0, 0.05) is 16.9 Å². The topological polar surface area (TPSA) is 79.5 Å². The monoisotopic (exact) mass is 509 g/mol. The molecule has 0 fully saturated rings. The molecule has 0 saturated heterocycles. The van der Waals surface area contributed by atoms with E-state index in [0.29, 0.717) is 27.7 Å². The lowest BCUT2D eigenvalue weighted by Gasteiger charge is -2.19. The third kappa shape index (κ3) is 7.53. The van der Waals surface area contributed by atoms with Crippen molar-refractivity contribution in [2.24, 2.45) is 0 Å². The van der Waals surface area contributed by atoms with E-state index >= 15 is 0 Å². The van der Waals surface area contributed by atoms with Crippen molar-refractivity contribution < 1.29 is 14.3 Å². The molecule has 6 nitrogen and oxygen atoms in total. The predicted molar refractivity (Wildman–Crippen MR) is 145 cm³/mol. The quantitative estimate of drug-likeness (QED) is 0.346. The van der Waals surface area contributed by atoms with Crippen molar-refractivity contribution in [3.8, 4) is 5.75 Å². The van der Waals surface area contributed by atoms with E-state index in [1.165, 1.54) is 0 Å². The smallest absolute Gasteiger partial charge is 0.265 e. The lowest BCUT2D eigenvalue weighted by atomic mass is 9.87. The zero-order valence-electron chi connectivity index (χ0n) is 20.0. The molecule has 0 aromatic heterocycles. The van der Waals surface area contributed by atoms with Crippen molar-refractivity contribution in [1.29, 1.82) is 0 Å². The number of halogens is 1. The lowest BCUT2D eigenvalue weighted by molar-refractivity contribution is -0.122. The van der Waals surface area contributed by atoms with Gasteiger partial charge in [0.1, 0.15) is 5.75 Å². The van der Waals surface area contributed by atoms with Crippen LogP contribution in [0.4, 0.5) is 11.4 Å². The third-order valence-corrected chi connectivity index (χ3v) is 5.68. The Hall–Kier alpha value is -3.42. The second-order valence-corrected chi connectivity index (χ2v) is 9.81. The summed E-state index contributed by atoms with van der Waals surface area (Å²) in [5.74, 6) is -0.165. The van der Waals surface area contributed by atoms with Crippen molar-refractivity contribution >= 4 is 52.1 Å². The molecule has 0 saturated carbocycles. The zero-order chi connectivity index (χ0) is 25.6. The van der Waals surface area contributed by atoms with Crippen LogP contribution in [0.5, 0.6) is 5.75 Å². The average Bonchev–Trinajstić information content (AvgIpc) is 2.81. The highest BCUT2D eigenvalue weighted by Crippen LogP contribution is 2.25. The van der Waals surface area contributed by atoms with Crippen LogP contribution in [0.2, 0.25) is 5.02 Å². The van der Waals surface area contributed by atoms with Gasteiger partial charge >= 0.3 is 0 Å². The second kappa shape index (κ2) is 11.3. The summed E-state index contributed by atoms with van der Waals surface area (Å²) in [4.78, 5) is 25.0. The summed E-state index contributed by atoms with van der Waals surface area (Å²) in [6, 6.07) is 21.4. The van der Waals surface area contributed by atoms with Gasteiger partial charge in [-0.2, -0.15) is 0 Å². The number of hydrogen-bond donors (Lipinski definition) is 3. The van der Waals surface area contributed by atoms with Crippen molar-refractivity contribution in [1.82, 2.24) is 5.32 Å². The van der Waals surface area contributed by atoms with Crippen LogP contribution in [-0.4, -0.2) is 23.0 Å². The molecule has 1 atom stereocenters. The van der Waals surface area contributed by atoms with Gasteiger partial charge in [-0.25, -0.2) is 0 Å². The molecular weight excluding hydrogens is 482 g/mol. The molecule has 1 unspecified atom stereocenters. The van der Waals surface area contributed by atoms with Crippen LogP contribution in [0.1, 0.15) is 43.6 Å². The fourth-order valence-electron chi connectivity index (χ4n) is 3.12. The van der Waals surface area contributed by atoms with E-state index in [9.17, 15) is 9.59 Å². The molecule has 35 heavy (non-hydrogen) atoms. The van der Waals surface area contributed by atoms with Gasteiger partial charge in [-0.3, -0.25) is 14.9 Å². The minimum atomic E-state index is -0.743. The Balaban J connectivity index is 1.51. The Morgan fingerprint density at radius 2 is 1.46 bits per heavy atom. The maximum atomic E-state index is 12.5. The number of amides is 2. The summed E-state index contributed by atoms with van der Waals surface area (Å²) >= 11 is 11.3. The first-order valence-electron chi connectivity index (χ1n) is 11.1. The van der Waals surface area contributed by atoms with Crippen LogP contribution >= 0.6 is 23.8 Å². The first-order valence-corrected chi connectivity index (χ1v) is 11.9. The van der Waals surface area contributed by atoms with Crippen LogP contribution in [0, 0.1) is 0 Å². The number of ether oxygens (including phenoxy) is 1. The number of anilines is 2. The Morgan fingerprint density at radius 1 is 0.886 bits per heavy atom. The molecular formula is C27H28ClN3O3S. The van der Waals surface area contributed by atoms with Crippen molar-refractivity contribution in [3.63, 3.8) is 0 Å². The minimum Gasteiger partial charge on any atom is -0.479 e. The molecule has 182 valence electrons. The van der Waals surface area contributed by atoms with E-state index in [1.807, 2.05) is 12.1 Å². The van der Waals surface area contributed by atoms with Crippen LogP contribution in [-0.2, 0) is 10.2 Å². The number of carbonyl (C=O) groups is 2. The summed E-state index contributed by atoms with van der Waals surface area (Å²) in [5.41, 5.74) is 2.93. The number of nitrogens with one attached hydrogen (secondary N) is 3. The number of thiocarbonyl (C=S) groups is 1. The maximum Gasteiger partial charge on any atom is 0.265 e.